The van der Waals surface area contributed by atoms with Crippen LogP contribution in [0.15, 0.2) is 55.0 Å². The molecule has 0 aliphatic heterocycles. The molecule has 0 aliphatic carbocycles. The molecule has 0 spiro atoms. The van der Waals surface area contributed by atoms with Crippen LogP contribution in [0.5, 0.6) is 0 Å². The van der Waals surface area contributed by atoms with Crippen LogP contribution in [0.1, 0.15) is 11.3 Å². The van der Waals surface area contributed by atoms with Gasteiger partial charge < -0.3 is 5.73 Å². The summed E-state index contributed by atoms with van der Waals surface area (Å²) in [6, 6.07) is 11.8. The van der Waals surface area contributed by atoms with E-state index in [0.29, 0.717) is 0 Å². The largest absolute Gasteiger partial charge is 0.368 e. The lowest BCUT2D eigenvalue weighted by Crippen LogP contribution is -1.94. The van der Waals surface area contributed by atoms with Gasteiger partial charge in [0.15, 0.2) is 0 Å². The van der Waals surface area contributed by atoms with Gasteiger partial charge in [-0.15, -0.1) is 0 Å². The molecule has 0 fully saturated rings. The Morgan fingerprint density at radius 2 is 2.00 bits per heavy atom. The van der Waals surface area contributed by atoms with Crippen molar-refractivity contribution in [2.75, 3.05) is 5.73 Å². The molecule has 0 amide bonds. The van der Waals surface area contributed by atoms with Gasteiger partial charge in [0.05, 0.1) is 16.9 Å². The number of nitrogens with two attached hydrogens (primary N) is 1. The van der Waals surface area contributed by atoms with E-state index in [1.165, 1.54) is 0 Å². The Labute approximate surface area is 138 Å². The molecule has 116 valence electrons. The average Bonchev–Trinajstić information content (AvgIpc) is 3.03. The van der Waals surface area contributed by atoms with Crippen molar-refractivity contribution in [2.45, 2.75) is 0 Å². The first-order valence-electron chi connectivity index (χ1n) is 7.45. The smallest absolute Gasteiger partial charge is 0.220 e. The molecule has 0 saturated heterocycles. The van der Waals surface area contributed by atoms with E-state index in [1.54, 1.807) is 12.4 Å². The minimum atomic E-state index is 0.261. The van der Waals surface area contributed by atoms with Crippen LogP contribution in [0.4, 0.5) is 5.95 Å². The van der Waals surface area contributed by atoms with Crippen molar-refractivity contribution >= 4 is 29.0 Å². The number of fused-ring (bicyclic) bond motifs is 1. The van der Waals surface area contributed by atoms with Crippen LogP contribution >= 0.6 is 0 Å². The number of nitrogen functional groups attached to an aromatic ring is 1. The maximum absolute atomic E-state index is 5.65. The van der Waals surface area contributed by atoms with Crippen LogP contribution in [-0.2, 0) is 0 Å². The van der Waals surface area contributed by atoms with Gasteiger partial charge in [-0.3, -0.25) is 10.1 Å². The number of nitrogens with one attached hydrogen (secondary N) is 1. The van der Waals surface area contributed by atoms with Crippen molar-refractivity contribution < 1.29 is 0 Å². The number of rotatable bonds is 3. The Kier molecular flexibility index (Phi) is 3.47. The summed E-state index contributed by atoms with van der Waals surface area (Å²) in [5.41, 5.74) is 10.2. The van der Waals surface area contributed by atoms with Crippen molar-refractivity contribution in [1.29, 1.82) is 0 Å². The molecule has 1 aromatic carbocycles. The highest BCUT2D eigenvalue weighted by molar-refractivity contribution is 5.91. The van der Waals surface area contributed by atoms with Crippen LogP contribution < -0.4 is 5.73 Å². The molecule has 3 N–H and O–H groups in total. The third kappa shape index (κ3) is 2.72. The molecule has 24 heavy (non-hydrogen) atoms. The molecular weight excluding hydrogens is 300 g/mol. The number of aromatic amines is 1. The minimum Gasteiger partial charge on any atom is -0.368 e. The topological polar surface area (TPSA) is 93.4 Å². The molecule has 3 aromatic heterocycles. The third-order valence-electron chi connectivity index (χ3n) is 3.68. The van der Waals surface area contributed by atoms with Crippen LogP contribution in [0, 0.1) is 0 Å². The summed E-state index contributed by atoms with van der Waals surface area (Å²) < 4.78 is 0. The monoisotopic (exact) mass is 314 g/mol. The predicted octanol–water partition coefficient (Wildman–Crippen LogP) is 3.17. The Morgan fingerprint density at radius 1 is 1.04 bits per heavy atom. The lowest BCUT2D eigenvalue weighted by Gasteiger charge is -2.01. The number of hydrogen-bond donors (Lipinski definition) is 2. The zero-order valence-electron chi connectivity index (χ0n) is 12.7. The Morgan fingerprint density at radius 3 is 2.83 bits per heavy atom. The van der Waals surface area contributed by atoms with E-state index in [1.807, 2.05) is 54.7 Å². The number of nitrogens with zero attached hydrogens (tertiary/aromatic N) is 4. The number of H-pyrrole nitrogens is 1. The lowest BCUT2D eigenvalue weighted by atomic mass is 10.1. The van der Waals surface area contributed by atoms with Crippen molar-refractivity contribution in [3.63, 3.8) is 0 Å². The van der Waals surface area contributed by atoms with Gasteiger partial charge in [-0.25, -0.2) is 9.97 Å². The molecule has 3 heterocycles. The van der Waals surface area contributed by atoms with Gasteiger partial charge in [-0.05, 0) is 35.9 Å². The number of benzene rings is 1. The van der Waals surface area contributed by atoms with Crippen molar-refractivity contribution in [1.82, 2.24) is 25.1 Å². The molecule has 0 radical (unpaired) electrons. The van der Waals surface area contributed by atoms with E-state index < -0.39 is 0 Å². The van der Waals surface area contributed by atoms with Gasteiger partial charge in [-0.2, -0.15) is 5.10 Å². The van der Waals surface area contributed by atoms with E-state index in [4.69, 9.17) is 5.73 Å². The maximum Gasteiger partial charge on any atom is 0.220 e. The van der Waals surface area contributed by atoms with Gasteiger partial charge in [-0.1, -0.05) is 18.2 Å². The van der Waals surface area contributed by atoms with E-state index in [2.05, 4.69) is 25.1 Å². The Hall–Kier alpha value is -3.54. The van der Waals surface area contributed by atoms with Gasteiger partial charge >= 0.3 is 0 Å². The molecule has 4 rings (SSSR count). The quantitative estimate of drug-likeness (QED) is 0.606. The third-order valence-corrected chi connectivity index (χ3v) is 3.68. The summed E-state index contributed by atoms with van der Waals surface area (Å²) in [6.45, 7) is 0. The molecule has 0 aliphatic rings. The van der Waals surface area contributed by atoms with E-state index in [0.717, 1.165) is 33.4 Å². The molecule has 6 heteroatoms. The summed E-state index contributed by atoms with van der Waals surface area (Å²) in [7, 11) is 0. The van der Waals surface area contributed by atoms with Gasteiger partial charge in [0.2, 0.25) is 5.95 Å². The van der Waals surface area contributed by atoms with Crippen LogP contribution in [0.3, 0.4) is 0 Å². The van der Waals surface area contributed by atoms with Crippen LogP contribution in [-0.4, -0.2) is 25.1 Å². The molecule has 4 aromatic rings. The molecule has 0 unspecified atom stereocenters. The number of aromatic nitrogens is 5. The maximum atomic E-state index is 5.65. The van der Waals surface area contributed by atoms with Gasteiger partial charge in [0, 0.05) is 29.5 Å². The average molecular weight is 314 g/mol. The highest BCUT2D eigenvalue weighted by atomic mass is 15.1. The van der Waals surface area contributed by atoms with Crippen molar-refractivity contribution in [2.24, 2.45) is 0 Å². The van der Waals surface area contributed by atoms with E-state index in [9.17, 15) is 0 Å². The zero-order chi connectivity index (χ0) is 16.4. The predicted molar refractivity (Wildman–Crippen MR) is 94.7 cm³/mol. The summed E-state index contributed by atoms with van der Waals surface area (Å²) in [6.07, 6.45) is 9.17. The molecule has 0 atom stereocenters. The first-order valence-corrected chi connectivity index (χ1v) is 7.45. The Bertz CT molecular complexity index is 1020. The highest BCUT2D eigenvalue weighted by Gasteiger charge is 2.06. The van der Waals surface area contributed by atoms with E-state index in [-0.39, 0.29) is 5.95 Å². The van der Waals surface area contributed by atoms with Crippen molar-refractivity contribution in [3.05, 3.63) is 66.2 Å². The van der Waals surface area contributed by atoms with Crippen molar-refractivity contribution in [3.8, 4) is 11.3 Å². The minimum absolute atomic E-state index is 0.261. The number of anilines is 1. The molecule has 0 bridgehead atoms. The van der Waals surface area contributed by atoms with Gasteiger partial charge in [0.1, 0.15) is 0 Å². The number of hydrogen-bond acceptors (Lipinski definition) is 5. The summed E-state index contributed by atoms with van der Waals surface area (Å²) in [5.74, 6) is 0.261. The second kappa shape index (κ2) is 5.92. The number of pyridine rings is 1. The molecular formula is C18H14N6. The fraction of sp³-hybridized carbons (Fsp3) is 0. The first kappa shape index (κ1) is 14.1. The summed E-state index contributed by atoms with van der Waals surface area (Å²) >= 11 is 0. The zero-order valence-corrected chi connectivity index (χ0v) is 12.7. The van der Waals surface area contributed by atoms with E-state index >= 15 is 0 Å². The Balaban J connectivity index is 1.69. The SMILES string of the molecule is Nc1nccc(-c2ccc3c(C=Cc4cccnc4)n[nH]c3c2)n1. The fourth-order valence-electron chi connectivity index (χ4n) is 2.51. The van der Waals surface area contributed by atoms with Gasteiger partial charge in [0.25, 0.3) is 0 Å². The standard InChI is InChI=1S/C18H14N6/c19-18-21-9-7-15(22-18)13-4-5-14-16(23-24-17(14)10-13)6-3-12-2-1-8-20-11-12/h1-11H,(H,23,24)(H2,19,21,22). The lowest BCUT2D eigenvalue weighted by molar-refractivity contribution is 1.11. The normalized spacial score (nSPS) is 11.3. The second-order valence-corrected chi connectivity index (χ2v) is 5.29. The highest BCUT2D eigenvalue weighted by Crippen LogP contribution is 2.24. The van der Waals surface area contributed by atoms with Crippen LogP contribution in [0.2, 0.25) is 0 Å². The first-order chi connectivity index (χ1) is 11.8. The summed E-state index contributed by atoms with van der Waals surface area (Å²) in [5, 5.41) is 8.47. The fourth-order valence-corrected chi connectivity index (χ4v) is 2.51. The van der Waals surface area contributed by atoms with Crippen LogP contribution in [0.25, 0.3) is 34.3 Å². The molecule has 6 nitrogen and oxygen atoms in total. The summed E-state index contributed by atoms with van der Waals surface area (Å²) in [4.78, 5) is 12.3. The second-order valence-electron chi connectivity index (χ2n) is 5.29. The molecule has 0 saturated carbocycles.